The number of carbonyl (C=O) groups is 2. The lowest BCUT2D eigenvalue weighted by Crippen LogP contribution is -2.47. The van der Waals surface area contributed by atoms with Crippen molar-refractivity contribution in [3.63, 3.8) is 0 Å². The number of aryl methyl sites for hydroxylation is 1. The van der Waals surface area contributed by atoms with Gasteiger partial charge < -0.3 is 10.2 Å². The fourth-order valence-electron chi connectivity index (χ4n) is 3.74. The zero-order valence-corrected chi connectivity index (χ0v) is 15.1. The van der Waals surface area contributed by atoms with E-state index in [-0.39, 0.29) is 17.7 Å². The van der Waals surface area contributed by atoms with E-state index in [0.29, 0.717) is 13.1 Å². The maximum Gasteiger partial charge on any atom is 0.247 e. The number of fused-ring (bicyclic) bond motifs is 1. The molecule has 0 radical (unpaired) electrons. The van der Waals surface area contributed by atoms with Crippen LogP contribution in [0.3, 0.4) is 0 Å². The third-order valence-corrected chi connectivity index (χ3v) is 5.46. The van der Waals surface area contributed by atoms with E-state index < -0.39 is 6.04 Å². The topological polar surface area (TPSA) is 49.4 Å². The molecular formula is C22H24N2O2. The minimum absolute atomic E-state index is 0.0885. The summed E-state index contributed by atoms with van der Waals surface area (Å²) in [5.41, 5.74) is 4.39. The summed E-state index contributed by atoms with van der Waals surface area (Å²) in [7, 11) is 0. The Morgan fingerprint density at radius 1 is 1.08 bits per heavy atom. The van der Waals surface area contributed by atoms with Crippen LogP contribution in [0, 0.1) is 12.8 Å². The maximum absolute atomic E-state index is 13.1. The molecule has 0 aromatic heterocycles. The number of carbonyl (C=O) groups excluding carboxylic acids is 2. The number of hydrogen-bond acceptors (Lipinski definition) is 2. The molecule has 4 rings (SSSR count). The van der Waals surface area contributed by atoms with Crippen molar-refractivity contribution >= 4 is 11.8 Å². The SMILES string of the molecule is Cc1ccccc1CNC(=O)C1c2ccccc2CCN1C(=O)C1CC1. The molecule has 0 bridgehead atoms. The number of nitrogens with zero attached hydrogens (tertiary/aromatic N) is 1. The fourth-order valence-corrected chi connectivity index (χ4v) is 3.74. The van der Waals surface area contributed by atoms with Crippen LogP contribution in [-0.4, -0.2) is 23.3 Å². The first kappa shape index (κ1) is 16.8. The van der Waals surface area contributed by atoms with Crippen molar-refractivity contribution in [2.24, 2.45) is 5.92 Å². The molecule has 2 aromatic rings. The Balaban J connectivity index is 1.58. The van der Waals surface area contributed by atoms with Crippen molar-refractivity contribution in [2.75, 3.05) is 6.54 Å². The van der Waals surface area contributed by atoms with Crippen molar-refractivity contribution in [1.82, 2.24) is 10.2 Å². The van der Waals surface area contributed by atoms with Crippen LogP contribution in [-0.2, 0) is 22.6 Å². The largest absolute Gasteiger partial charge is 0.350 e. The molecule has 1 fully saturated rings. The molecule has 1 unspecified atom stereocenters. The van der Waals surface area contributed by atoms with Gasteiger partial charge in [0.25, 0.3) is 0 Å². The molecule has 4 nitrogen and oxygen atoms in total. The number of hydrogen-bond donors (Lipinski definition) is 1. The van der Waals surface area contributed by atoms with Gasteiger partial charge in [-0.05, 0) is 48.4 Å². The second-order valence-electron chi connectivity index (χ2n) is 7.30. The summed E-state index contributed by atoms with van der Waals surface area (Å²) in [6, 6.07) is 15.5. The van der Waals surface area contributed by atoms with Gasteiger partial charge in [-0.15, -0.1) is 0 Å². The lowest BCUT2D eigenvalue weighted by atomic mass is 9.91. The van der Waals surface area contributed by atoms with E-state index in [4.69, 9.17) is 0 Å². The molecule has 1 heterocycles. The van der Waals surface area contributed by atoms with Crippen LogP contribution in [0.1, 0.15) is 41.1 Å². The van der Waals surface area contributed by atoms with Gasteiger partial charge in [0, 0.05) is 19.0 Å². The molecule has 2 aliphatic rings. The van der Waals surface area contributed by atoms with Crippen LogP contribution in [0.25, 0.3) is 0 Å². The van der Waals surface area contributed by atoms with E-state index >= 15 is 0 Å². The zero-order chi connectivity index (χ0) is 18.1. The average Bonchev–Trinajstić information content (AvgIpc) is 3.51. The molecule has 2 aromatic carbocycles. The molecule has 2 amide bonds. The van der Waals surface area contributed by atoms with E-state index in [1.165, 1.54) is 5.56 Å². The highest BCUT2D eigenvalue weighted by molar-refractivity contribution is 5.91. The molecule has 134 valence electrons. The molecule has 1 N–H and O–H groups in total. The van der Waals surface area contributed by atoms with Crippen LogP contribution >= 0.6 is 0 Å². The lowest BCUT2D eigenvalue weighted by Gasteiger charge is -2.36. The van der Waals surface area contributed by atoms with Crippen molar-refractivity contribution in [3.05, 3.63) is 70.8 Å². The summed E-state index contributed by atoms with van der Waals surface area (Å²) in [5.74, 6) is 0.164. The summed E-state index contributed by atoms with van der Waals surface area (Å²) < 4.78 is 0. The van der Waals surface area contributed by atoms with Gasteiger partial charge in [0.15, 0.2) is 0 Å². The van der Waals surface area contributed by atoms with Gasteiger partial charge in [-0.25, -0.2) is 0 Å². The lowest BCUT2D eigenvalue weighted by molar-refractivity contribution is -0.142. The van der Waals surface area contributed by atoms with Crippen molar-refractivity contribution in [1.29, 1.82) is 0 Å². The van der Waals surface area contributed by atoms with Gasteiger partial charge in [0.2, 0.25) is 11.8 Å². The molecule has 1 atom stereocenters. The van der Waals surface area contributed by atoms with E-state index in [2.05, 4.69) is 11.4 Å². The highest BCUT2D eigenvalue weighted by Crippen LogP contribution is 2.37. The molecular weight excluding hydrogens is 324 g/mol. The Bertz CT molecular complexity index is 842. The van der Waals surface area contributed by atoms with Crippen LogP contribution < -0.4 is 5.32 Å². The quantitative estimate of drug-likeness (QED) is 0.923. The first-order valence-corrected chi connectivity index (χ1v) is 9.35. The fraction of sp³-hybridized carbons (Fsp3) is 0.364. The number of benzene rings is 2. The van der Waals surface area contributed by atoms with Crippen LogP contribution in [0.4, 0.5) is 0 Å². The van der Waals surface area contributed by atoms with Gasteiger partial charge in [0.05, 0.1) is 0 Å². The molecule has 1 aliphatic heterocycles. The smallest absolute Gasteiger partial charge is 0.247 e. The highest BCUT2D eigenvalue weighted by atomic mass is 16.2. The van der Waals surface area contributed by atoms with Gasteiger partial charge in [-0.1, -0.05) is 48.5 Å². The maximum atomic E-state index is 13.1. The summed E-state index contributed by atoms with van der Waals surface area (Å²) in [6.07, 6.45) is 2.72. The average molecular weight is 348 g/mol. The van der Waals surface area contributed by atoms with Crippen molar-refractivity contribution in [2.45, 2.75) is 38.8 Å². The summed E-state index contributed by atoms with van der Waals surface area (Å²) in [4.78, 5) is 27.7. The Kier molecular flexibility index (Phi) is 4.49. The van der Waals surface area contributed by atoms with Crippen LogP contribution in [0.15, 0.2) is 48.5 Å². The van der Waals surface area contributed by atoms with Gasteiger partial charge >= 0.3 is 0 Å². The number of nitrogens with one attached hydrogen (secondary N) is 1. The van der Waals surface area contributed by atoms with E-state index in [1.54, 1.807) is 4.90 Å². The molecule has 0 saturated heterocycles. The molecule has 1 aliphatic carbocycles. The van der Waals surface area contributed by atoms with E-state index in [9.17, 15) is 9.59 Å². The van der Waals surface area contributed by atoms with E-state index in [1.807, 2.05) is 49.4 Å². The van der Waals surface area contributed by atoms with Gasteiger partial charge in [-0.2, -0.15) is 0 Å². The predicted octanol–water partition coefficient (Wildman–Crippen LogP) is 3.15. The second-order valence-corrected chi connectivity index (χ2v) is 7.30. The zero-order valence-electron chi connectivity index (χ0n) is 15.1. The minimum atomic E-state index is -0.517. The standard InChI is InChI=1S/C22H24N2O2/c1-15-6-2-3-8-18(15)14-23-21(25)20-19-9-5-4-7-16(19)12-13-24(20)22(26)17-10-11-17/h2-9,17,20H,10-14H2,1H3,(H,23,25). The third-order valence-electron chi connectivity index (χ3n) is 5.46. The number of rotatable bonds is 4. The molecule has 4 heteroatoms. The van der Waals surface area contributed by atoms with E-state index in [0.717, 1.165) is 36.0 Å². The van der Waals surface area contributed by atoms with Gasteiger partial charge in [0.1, 0.15) is 6.04 Å². The van der Waals surface area contributed by atoms with Crippen molar-refractivity contribution < 1.29 is 9.59 Å². The Labute approximate surface area is 154 Å². The summed E-state index contributed by atoms with van der Waals surface area (Å²) in [5, 5.41) is 3.06. The van der Waals surface area contributed by atoms with Crippen molar-refractivity contribution in [3.8, 4) is 0 Å². The summed E-state index contributed by atoms with van der Waals surface area (Å²) in [6.45, 7) is 3.14. The first-order valence-electron chi connectivity index (χ1n) is 9.35. The first-order chi connectivity index (χ1) is 12.6. The molecule has 0 spiro atoms. The monoisotopic (exact) mass is 348 g/mol. The highest BCUT2D eigenvalue weighted by Gasteiger charge is 2.41. The Morgan fingerprint density at radius 2 is 1.81 bits per heavy atom. The number of amides is 2. The normalized spacial score (nSPS) is 19.0. The summed E-state index contributed by atoms with van der Waals surface area (Å²) >= 11 is 0. The van der Waals surface area contributed by atoms with Crippen LogP contribution in [0.2, 0.25) is 0 Å². The van der Waals surface area contributed by atoms with Crippen LogP contribution in [0.5, 0.6) is 0 Å². The molecule has 1 saturated carbocycles. The molecule has 26 heavy (non-hydrogen) atoms. The van der Waals surface area contributed by atoms with Gasteiger partial charge in [-0.3, -0.25) is 9.59 Å². The Hall–Kier alpha value is -2.62. The minimum Gasteiger partial charge on any atom is -0.350 e. The Morgan fingerprint density at radius 3 is 2.58 bits per heavy atom. The third kappa shape index (κ3) is 3.24. The second kappa shape index (κ2) is 6.94. The predicted molar refractivity (Wildman–Crippen MR) is 100 cm³/mol.